The number of hydrogen-bond donors (Lipinski definition) is 0. The molecule has 0 aliphatic carbocycles. The van der Waals surface area contributed by atoms with Crippen molar-refractivity contribution >= 4 is 42.9 Å². The first kappa shape index (κ1) is 22.6. The molecule has 1 aliphatic rings. The Bertz CT molecular complexity index is 624. The molecule has 0 unspecified atom stereocenters. The van der Waals surface area contributed by atoms with E-state index < -0.39 is 7.92 Å². The Kier molecular flexibility index (Phi) is 12.0. The summed E-state index contributed by atoms with van der Waals surface area (Å²) in [4.78, 5) is 0. The van der Waals surface area contributed by atoms with Crippen LogP contribution in [-0.2, 0) is 20.7 Å². The van der Waals surface area contributed by atoms with Gasteiger partial charge in [-0.3, -0.25) is 0 Å². The summed E-state index contributed by atoms with van der Waals surface area (Å²) in [6.45, 7) is 2.00. The SMILES string of the molecule is C1CCOC1.[Cl][Pd][Cl].c1ccc(P(c2ccccc2)c2ccccc2)cc1. The molecular formula is C22H23Cl2OPPd. The number of rotatable bonds is 3. The van der Waals surface area contributed by atoms with Gasteiger partial charge in [0.1, 0.15) is 0 Å². The summed E-state index contributed by atoms with van der Waals surface area (Å²) in [6.07, 6.45) is 2.56. The maximum atomic E-state index is 4.94. The van der Waals surface area contributed by atoms with Crippen LogP contribution < -0.4 is 15.9 Å². The second-order valence-corrected chi connectivity index (χ2v) is 10.3. The molecule has 0 radical (unpaired) electrons. The summed E-state index contributed by atoms with van der Waals surface area (Å²) in [6, 6.07) is 32.3. The molecule has 3 aromatic carbocycles. The smallest absolute Gasteiger partial charge is 0.0134 e. The van der Waals surface area contributed by atoms with Crippen LogP contribution in [0.3, 0.4) is 0 Å². The van der Waals surface area contributed by atoms with Gasteiger partial charge in [0.25, 0.3) is 0 Å². The van der Waals surface area contributed by atoms with E-state index in [4.69, 9.17) is 23.8 Å². The van der Waals surface area contributed by atoms with Crippen LogP contribution in [0.2, 0.25) is 0 Å². The van der Waals surface area contributed by atoms with Crippen molar-refractivity contribution in [2.45, 2.75) is 12.8 Å². The largest absolute Gasteiger partial charge is 0.0622 e. The van der Waals surface area contributed by atoms with E-state index in [1.54, 1.807) is 0 Å². The molecule has 1 heterocycles. The molecule has 27 heavy (non-hydrogen) atoms. The number of hydrogen-bond acceptors (Lipinski definition) is 1. The number of halogens is 2. The van der Waals surface area contributed by atoms with Crippen molar-refractivity contribution in [1.82, 2.24) is 0 Å². The van der Waals surface area contributed by atoms with Gasteiger partial charge in [0, 0.05) is 13.2 Å². The fourth-order valence-electron chi connectivity index (χ4n) is 2.69. The molecule has 1 nitrogen and oxygen atoms in total. The summed E-state index contributed by atoms with van der Waals surface area (Å²) < 4.78 is 4.94. The monoisotopic (exact) mass is 510 g/mol. The van der Waals surface area contributed by atoms with Gasteiger partial charge in [0.15, 0.2) is 0 Å². The predicted molar refractivity (Wildman–Crippen MR) is 117 cm³/mol. The van der Waals surface area contributed by atoms with Gasteiger partial charge < -0.3 is 4.74 Å². The Labute approximate surface area is 179 Å². The molecule has 0 atom stereocenters. The maximum Gasteiger partial charge on any atom is -0.0134 e. The summed E-state index contributed by atoms with van der Waals surface area (Å²) in [5, 5.41) is 4.19. The third kappa shape index (κ3) is 8.45. The minimum Gasteiger partial charge on any atom is -0.0622 e. The van der Waals surface area contributed by atoms with Gasteiger partial charge in [0.2, 0.25) is 0 Å². The first-order valence-corrected chi connectivity index (χ1v) is 14.1. The molecule has 1 saturated heterocycles. The predicted octanol–water partition coefficient (Wildman–Crippen LogP) is 5.62. The standard InChI is InChI=1S/C18H15P.C4H8O.2ClH.Pd/c1-4-10-16(11-5-1)19(17-12-6-2-7-13-17)18-14-8-3-9-15-18;1-2-4-5-3-1;;;/h1-15H;1-4H2;2*1H;/q;;;;+2/p-2. The second-order valence-electron chi connectivity index (χ2n) is 5.71. The maximum absolute atomic E-state index is 4.94. The van der Waals surface area contributed by atoms with Crippen LogP contribution in [-0.4, -0.2) is 13.2 Å². The topological polar surface area (TPSA) is 9.23 Å². The van der Waals surface area contributed by atoms with Crippen molar-refractivity contribution in [3.63, 3.8) is 0 Å². The zero-order chi connectivity index (χ0) is 19.2. The molecule has 0 aromatic heterocycles. The van der Waals surface area contributed by atoms with Crippen LogP contribution >= 0.6 is 27.0 Å². The molecule has 3 aromatic rings. The minimum absolute atomic E-state index is 0.106. The molecule has 0 saturated carbocycles. The van der Waals surface area contributed by atoms with Crippen LogP contribution in [0.5, 0.6) is 0 Å². The van der Waals surface area contributed by atoms with Crippen molar-refractivity contribution in [2.75, 3.05) is 13.2 Å². The zero-order valence-corrected chi connectivity index (χ0v) is 18.9. The van der Waals surface area contributed by atoms with Crippen molar-refractivity contribution in [2.24, 2.45) is 0 Å². The Hall–Kier alpha value is -0.708. The fraction of sp³-hybridized carbons (Fsp3) is 0.182. The zero-order valence-electron chi connectivity index (χ0n) is 14.9. The van der Waals surface area contributed by atoms with Gasteiger partial charge in [-0.05, 0) is 36.7 Å². The third-order valence-corrected chi connectivity index (χ3v) is 6.31. The summed E-state index contributed by atoms with van der Waals surface area (Å²) >= 11 is -0.106. The Balaban J connectivity index is 0.000000274. The quantitative estimate of drug-likeness (QED) is 0.328. The van der Waals surface area contributed by atoms with Crippen molar-refractivity contribution in [1.29, 1.82) is 0 Å². The van der Waals surface area contributed by atoms with E-state index in [0.717, 1.165) is 13.2 Å². The van der Waals surface area contributed by atoms with Crippen molar-refractivity contribution in [3.05, 3.63) is 91.0 Å². The van der Waals surface area contributed by atoms with E-state index in [1.165, 1.54) is 28.8 Å². The molecule has 0 spiro atoms. The van der Waals surface area contributed by atoms with Crippen molar-refractivity contribution in [3.8, 4) is 0 Å². The van der Waals surface area contributed by atoms with E-state index in [9.17, 15) is 0 Å². The average Bonchev–Trinajstić information content (AvgIpc) is 3.32. The third-order valence-electron chi connectivity index (χ3n) is 3.87. The van der Waals surface area contributed by atoms with Crippen LogP contribution in [0.1, 0.15) is 12.8 Å². The molecule has 1 fully saturated rings. The van der Waals surface area contributed by atoms with Gasteiger partial charge in [0.05, 0.1) is 0 Å². The molecule has 4 rings (SSSR count). The Morgan fingerprint density at radius 1 is 0.593 bits per heavy atom. The first-order chi connectivity index (χ1) is 13.4. The van der Waals surface area contributed by atoms with E-state index >= 15 is 0 Å². The number of benzene rings is 3. The normalized spacial score (nSPS) is 12.7. The van der Waals surface area contributed by atoms with E-state index in [0.29, 0.717) is 0 Å². The molecule has 5 heteroatoms. The summed E-state index contributed by atoms with van der Waals surface area (Å²) in [5.41, 5.74) is 0. The molecule has 0 amide bonds. The fourth-order valence-corrected chi connectivity index (χ4v) is 4.99. The van der Waals surface area contributed by atoms with E-state index in [1.807, 2.05) is 0 Å². The first-order valence-electron chi connectivity index (χ1n) is 8.72. The van der Waals surface area contributed by atoms with Crippen LogP contribution in [0, 0.1) is 0 Å². The molecule has 146 valence electrons. The molecular weight excluding hydrogens is 489 g/mol. The van der Waals surface area contributed by atoms with Gasteiger partial charge in [-0.1, -0.05) is 91.0 Å². The van der Waals surface area contributed by atoms with Crippen LogP contribution in [0.25, 0.3) is 0 Å². The molecule has 0 bridgehead atoms. The number of ether oxygens (including phenoxy) is 1. The Morgan fingerprint density at radius 2 is 0.889 bits per heavy atom. The average molecular weight is 512 g/mol. The molecule has 1 aliphatic heterocycles. The Morgan fingerprint density at radius 3 is 1.11 bits per heavy atom. The van der Waals surface area contributed by atoms with Gasteiger partial charge >= 0.3 is 35.0 Å². The van der Waals surface area contributed by atoms with Crippen LogP contribution in [0.15, 0.2) is 91.0 Å². The van der Waals surface area contributed by atoms with Gasteiger partial charge in [-0.15, -0.1) is 0 Å². The second kappa shape index (κ2) is 14.3. The van der Waals surface area contributed by atoms with Gasteiger partial charge in [-0.2, -0.15) is 0 Å². The van der Waals surface area contributed by atoms with E-state index in [2.05, 4.69) is 91.0 Å². The van der Waals surface area contributed by atoms with Crippen LogP contribution in [0.4, 0.5) is 0 Å². The minimum atomic E-state index is -0.446. The van der Waals surface area contributed by atoms with E-state index in [-0.39, 0.29) is 15.9 Å². The van der Waals surface area contributed by atoms with Crippen molar-refractivity contribution < 1.29 is 20.7 Å². The molecule has 0 N–H and O–H groups in total. The summed E-state index contributed by atoms with van der Waals surface area (Å²) in [5.74, 6) is 0. The summed E-state index contributed by atoms with van der Waals surface area (Å²) in [7, 11) is 9.18. The van der Waals surface area contributed by atoms with Gasteiger partial charge in [-0.25, -0.2) is 0 Å².